The number of methoxy groups -OCH3 is 1. The fourth-order valence-corrected chi connectivity index (χ4v) is 1.87. The third-order valence-corrected chi connectivity index (χ3v) is 3.20. The zero-order valence-corrected chi connectivity index (χ0v) is 10.3. The molecular formula is C12H19NO3. The third-order valence-electron chi connectivity index (χ3n) is 3.20. The number of esters is 1. The molecule has 0 aromatic rings. The minimum absolute atomic E-state index is 0.0117. The molecule has 0 aliphatic carbocycles. The lowest BCUT2D eigenvalue weighted by Crippen LogP contribution is -2.44. The minimum Gasteiger partial charge on any atom is -0.469 e. The van der Waals surface area contributed by atoms with Gasteiger partial charge in [-0.3, -0.25) is 9.59 Å². The van der Waals surface area contributed by atoms with Crippen molar-refractivity contribution in [2.45, 2.75) is 20.8 Å². The maximum absolute atomic E-state index is 11.6. The van der Waals surface area contributed by atoms with E-state index in [0.29, 0.717) is 13.1 Å². The highest BCUT2D eigenvalue weighted by Crippen LogP contribution is 2.31. The molecule has 4 nitrogen and oxygen atoms in total. The fourth-order valence-electron chi connectivity index (χ4n) is 1.87. The number of ether oxygens (including phenoxy) is 1. The molecule has 1 unspecified atom stereocenters. The maximum Gasteiger partial charge on any atom is 0.311 e. The number of hydrogen-bond acceptors (Lipinski definition) is 3. The average Bonchev–Trinajstić information content (AvgIpc) is 2.28. The number of carbonyl (C=O) groups excluding carboxylic acids is 2. The molecule has 0 bridgehead atoms. The van der Waals surface area contributed by atoms with Crippen LogP contribution in [0.4, 0.5) is 0 Å². The summed E-state index contributed by atoms with van der Waals surface area (Å²) in [5.41, 5.74) is -0.598. The molecule has 1 rings (SSSR count). The molecular weight excluding hydrogens is 206 g/mol. The Kier molecular flexibility index (Phi) is 3.73. The molecule has 90 valence electrons. The van der Waals surface area contributed by atoms with Crippen LogP contribution in [0, 0.1) is 11.3 Å². The zero-order chi connectivity index (χ0) is 12.3. The average molecular weight is 225 g/mol. The van der Waals surface area contributed by atoms with E-state index in [1.54, 1.807) is 11.8 Å². The Hall–Kier alpha value is -1.32. The third kappa shape index (κ3) is 2.43. The van der Waals surface area contributed by atoms with Crippen LogP contribution in [0.3, 0.4) is 0 Å². The van der Waals surface area contributed by atoms with Crippen LogP contribution in [0.15, 0.2) is 12.2 Å². The monoisotopic (exact) mass is 225 g/mol. The van der Waals surface area contributed by atoms with E-state index in [2.05, 4.69) is 0 Å². The highest BCUT2D eigenvalue weighted by Gasteiger charge is 2.38. The number of rotatable bonds is 2. The topological polar surface area (TPSA) is 46.6 Å². The smallest absolute Gasteiger partial charge is 0.311 e. The van der Waals surface area contributed by atoms with Crippen molar-refractivity contribution in [1.29, 1.82) is 0 Å². The standard InChI is InChI=1S/C12H19NO3/c1-9(14)13-7-5-6-10(8-13)12(2,3)11(15)16-4/h5-6,10H,7-8H2,1-4H3. The zero-order valence-electron chi connectivity index (χ0n) is 10.3. The number of carbonyl (C=O) groups is 2. The first-order chi connectivity index (χ1) is 7.39. The molecule has 1 atom stereocenters. The molecule has 0 N–H and O–H groups in total. The summed E-state index contributed by atoms with van der Waals surface area (Å²) in [6.45, 7) is 6.44. The van der Waals surface area contributed by atoms with Crippen molar-refractivity contribution in [3.8, 4) is 0 Å². The van der Waals surface area contributed by atoms with Crippen LogP contribution in [-0.2, 0) is 14.3 Å². The van der Waals surface area contributed by atoms with Gasteiger partial charge in [-0.1, -0.05) is 12.2 Å². The Morgan fingerprint density at radius 1 is 1.44 bits per heavy atom. The summed E-state index contributed by atoms with van der Waals surface area (Å²) in [6.07, 6.45) is 3.93. The first-order valence-corrected chi connectivity index (χ1v) is 5.40. The predicted octanol–water partition coefficient (Wildman–Crippen LogP) is 1.22. The quantitative estimate of drug-likeness (QED) is 0.524. The lowest BCUT2D eigenvalue weighted by atomic mass is 9.77. The van der Waals surface area contributed by atoms with Crippen LogP contribution < -0.4 is 0 Å². The molecule has 0 aromatic carbocycles. The molecule has 0 saturated carbocycles. The van der Waals surface area contributed by atoms with E-state index in [-0.39, 0.29) is 17.8 Å². The molecule has 0 radical (unpaired) electrons. The van der Waals surface area contributed by atoms with E-state index in [4.69, 9.17) is 4.74 Å². The highest BCUT2D eigenvalue weighted by atomic mass is 16.5. The van der Waals surface area contributed by atoms with Gasteiger partial charge in [-0.15, -0.1) is 0 Å². The van der Waals surface area contributed by atoms with Crippen molar-refractivity contribution in [2.24, 2.45) is 11.3 Å². The second-order valence-electron chi connectivity index (χ2n) is 4.67. The van der Waals surface area contributed by atoms with E-state index in [9.17, 15) is 9.59 Å². The van der Waals surface area contributed by atoms with E-state index in [0.717, 1.165) is 0 Å². The summed E-state index contributed by atoms with van der Waals surface area (Å²) < 4.78 is 4.79. The Morgan fingerprint density at radius 3 is 2.56 bits per heavy atom. The van der Waals surface area contributed by atoms with Gasteiger partial charge in [-0.2, -0.15) is 0 Å². The minimum atomic E-state index is -0.598. The molecule has 0 saturated heterocycles. The van der Waals surface area contributed by atoms with Crippen LogP contribution in [0.5, 0.6) is 0 Å². The van der Waals surface area contributed by atoms with Crippen LogP contribution in [0.1, 0.15) is 20.8 Å². The highest BCUT2D eigenvalue weighted by molar-refractivity contribution is 5.77. The van der Waals surface area contributed by atoms with Crippen molar-refractivity contribution in [1.82, 2.24) is 4.90 Å². The van der Waals surface area contributed by atoms with Gasteiger partial charge in [0.15, 0.2) is 0 Å². The van der Waals surface area contributed by atoms with E-state index in [1.165, 1.54) is 7.11 Å². The maximum atomic E-state index is 11.6. The first-order valence-electron chi connectivity index (χ1n) is 5.40. The van der Waals surface area contributed by atoms with Gasteiger partial charge in [0.1, 0.15) is 0 Å². The van der Waals surface area contributed by atoms with Crippen molar-refractivity contribution >= 4 is 11.9 Å². The lowest BCUT2D eigenvalue weighted by molar-refractivity contribution is -0.154. The second kappa shape index (κ2) is 4.68. The van der Waals surface area contributed by atoms with E-state index in [1.807, 2.05) is 26.0 Å². The van der Waals surface area contributed by atoms with Crippen LogP contribution in [-0.4, -0.2) is 37.0 Å². The predicted molar refractivity (Wildman–Crippen MR) is 60.7 cm³/mol. The van der Waals surface area contributed by atoms with E-state index < -0.39 is 5.41 Å². The normalized spacial score (nSPS) is 20.8. The Morgan fingerprint density at radius 2 is 2.06 bits per heavy atom. The molecule has 4 heteroatoms. The van der Waals surface area contributed by atoms with Crippen molar-refractivity contribution in [2.75, 3.05) is 20.2 Å². The van der Waals surface area contributed by atoms with Crippen molar-refractivity contribution < 1.29 is 14.3 Å². The van der Waals surface area contributed by atoms with Crippen LogP contribution in [0.25, 0.3) is 0 Å². The Bertz CT molecular complexity index is 320. The number of amides is 1. The fraction of sp³-hybridized carbons (Fsp3) is 0.667. The lowest BCUT2D eigenvalue weighted by Gasteiger charge is -2.36. The Labute approximate surface area is 96.3 Å². The van der Waals surface area contributed by atoms with Gasteiger partial charge in [-0.25, -0.2) is 0 Å². The molecule has 16 heavy (non-hydrogen) atoms. The Balaban J connectivity index is 2.81. The molecule has 0 fully saturated rings. The molecule has 1 aliphatic heterocycles. The van der Waals surface area contributed by atoms with Gasteiger partial charge in [0.2, 0.25) is 5.91 Å². The van der Waals surface area contributed by atoms with E-state index >= 15 is 0 Å². The summed E-state index contributed by atoms with van der Waals surface area (Å²) in [6, 6.07) is 0. The summed E-state index contributed by atoms with van der Waals surface area (Å²) in [7, 11) is 1.39. The van der Waals surface area contributed by atoms with Crippen LogP contribution >= 0.6 is 0 Å². The number of hydrogen-bond donors (Lipinski definition) is 0. The summed E-state index contributed by atoms with van der Waals surface area (Å²) in [5.74, 6) is -0.194. The van der Waals surface area contributed by atoms with Crippen molar-refractivity contribution in [3.63, 3.8) is 0 Å². The molecule has 0 spiro atoms. The first kappa shape index (κ1) is 12.7. The van der Waals surface area contributed by atoms with Gasteiger partial charge in [0.05, 0.1) is 12.5 Å². The summed E-state index contributed by atoms with van der Waals surface area (Å²) >= 11 is 0. The largest absolute Gasteiger partial charge is 0.469 e. The summed E-state index contributed by atoms with van der Waals surface area (Å²) in [5, 5.41) is 0. The van der Waals surface area contributed by atoms with Gasteiger partial charge in [0.25, 0.3) is 0 Å². The molecule has 1 heterocycles. The molecule has 1 aliphatic rings. The molecule has 0 aromatic heterocycles. The van der Waals surface area contributed by atoms with Gasteiger partial charge in [0, 0.05) is 25.9 Å². The van der Waals surface area contributed by atoms with Gasteiger partial charge in [-0.05, 0) is 13.8 Å². The van der Waals surface area contributed by atoms with Gasteiger partial charge < -0.3 is 9.64 Å². The second-order valence-corrected chi connectivity index (χ2v) is 4.67. The van der Waals surface area contributed by atoms with Crippen molar-refractivity contribution in [3.05, 3.63) is 12.2 Å². The van der Waals surface area contributed by atoms with Crippen LogP contribution in [0.2, 0.25) is 0 Å². The summed E-state index contributed by atoms with van der Waals surface area (Å²) in [4.78, 5) is 24.7. The SMILES string of the molecule is COC(=O)C(C)(C)C1C=CCN(C(C)=O)C1. The molecule has 1 amide bonds. The number of nitrogens with zero attached hydrogens (tertiary/aromatic N) is 1. The van der Waals surface area contributed by atoms with Gasteiger partial charge >= 0.3 is 5.97 Å².